The van der Waals surface area contributed by atoms with Gasteiger partial charge >= 0.3 is 0 Å². The molecule has 1 N–H and O–H groups in total. The molecule has 2 aliphatic heterocycles. The smallest absolute Gasteiger partial charge is 0.237 e. The molecule has 5 rings (SSSR count). The SMILES string of the molecule is Cc1cccc(N2CC(C(=O)Nc3nnc(SCC(=O)N4CCc5ccccc54)s3)CC2=O)c1. The van der Waals surface area contributed by atoms with Gasteiger partial charge < -0.3 is 15.1 Å². The van der Waals surface area contributed by atoms with E-state index in [1.165, 1.54) is 28.7 Å². The quantitative estimate of drug-likeness (QED) is 0.417. The zero-order valence-electron chi connectivity index (χ0n) is 18.6. The highest BCUT2D eigenvalue weighted by Crippen LogP contribution is 2.31. The lowest BCUT2D eigenvalue weighted by Crippen LogP contribution is -2.30. The average molecular weight is 494 g/mol. The number of anilines is 3. The molecule has 0 aliphatic carbocycles. The van der Waals surface area contributed by atoms with Crippen molar-refractivity contribution in [2.45, 2.75) is 24.1 Å². The Hall–Kier alpha value is -3.24. The second kappa shape index (κ2) is 9.55. The first-order valence-electron chi connectivity index (χ1n) is 11.0. The molecule has 10 heteroatoms. The standard InChI is InChI=1S/C24H23N5O3S2/c1-15-5-4-7-18(11-15)29-13-17(12-20(29)30)22(32)25-23-26-27-24(34-23)33-14-21(31)28-10-9-16-6-2-3-8-19(16)28/h2-8,11,17H,9-10,12-14H2,1H3,(H,25,26,32). The van der Waals surface area contributed by atoms with Crippen molar-refractivity contribution >= 4 is 57.3 Å². The van der Waals surface area contributed by atoms with Gasteiger partial charge in [0.1, 0.15) is 0 Å². The Morgan fingerprint density at radius 1 is 1.18 bits per heavy atom. The number of thioether (sulfide) groups is 1. The molecule has 0 saturated carbocycles. The van der Waals surface area contributed by atoms with Gasteiger partial charge in [0.15, 0.2) is 4.34 Å². The van der Waals surface area contributed by atoms with Gasteiger partial charge in [0.25, 0.3) is 0 Å². The number of nitrogens with zero attached hydrogens (tertiary/aromatic N) is 4. The van der Waals surface area contributed by atoms with Gasteiger partial charge in [-0.15, -0.1) is 10.2 Å². The van der Waals surface area contributed by atoms with Crippen LogP contribution >= 0.6 is 23.1 Å². The second-order valence-electron chi connectivity index (χ2n) is 8.32. The van der Waals surface area contributed by atoms with E-state index in [2.05, 4.69) is 15.5 Å². The molecule has 0 radical (unpaired) electrons. The van der Waals surface area contributed by atoms with E-state index in [1.807, 2.05) is 60.4 Å². The minimum absolute atomic E-state index is 0.0245. The van der Waals surface area contributed by atoms with Crippen LogP contribution in [0.2, 0.25) is 0 Å². The topological polar surface area (TPSA) is 95.5 Å². The Bertz CT molecular complexity index is 1260. The van der Waals surface area contributed by atoms with Gasteiger partial charge in [-0.3, -0.25) is 14.4 Å². The van der Waals surface area contributed by atoms with Crippen LogP contribution in [-0.2, 0) is 20.8 Å². The summed E-state index contributed by atoms with van der Waals surface area (Å²) in [6.07, 6.45) is 1.03. The number of hydrogen-bond donors (Lipinski definition) is 1. The molecule has 1 saturated heterocycles. The average Bonchev–Trinajstić information content (AvgIpc) is 3.56. The summed E-state index contributed by atoms with van der Waals surface area (Å²) in [5.41, 5.74) is 4.03. The molecule has 0 spiro atoms. The van der Waals surface area contributed by atoms with Crippen molar-refractivity contribution in [1.82, 2.24) is 10.2 Å². The molecule has 2 aliphatic rings. The van der Waals surface area contributed by atoms with Crippen molar-refractivity contribution in [2.24, 2.45) is 5.92 Å². The maximum Gasteiger partial charge on any atom is 0.237 e. The third-order valence-electron chi connectivity index (χ3n) is 5.95. The van der Waals surface area contributed by atoms with Crippen molar-refractivity contribution in [1.29, 1.82) is 0 Å². The fourth-order valence-corrected chi connectivity index (χ4v) is 5.88. The molecule has 3 amide bonds. The predicted octanol–water partition coefficient (Wildman–Crippen LogP) is 3.52. The van der Waals surface area contributed by atoms with Crippen LogP contribution in [0.1, 0.15) is 17.5 Å². The molecule has 1 aromatic heterocycles. The van der Waals surface area contributed by atoms with Gasteiger partial charge in [-0.25, -0.2) is 0 Å². The number of hydrogen-bond acceptors (Lipinski definition) is 7. The number of carbonyl (C=O) groups is 3. The van der Waals surface area contributed by atoms with Crippen molar-refractivity contribution < 1.29 is 14.4 Å². The van der Waals surface area contributed by atoms with Crippen LogP contribution in [0, 0.1) is 12.8 Å². The van der Waals surface area contributed by atoms with Crippen LogP contribution in [0.5, 0.6) is 0 Å². The molecule has 1 atom stereocenters. The highest BCUT2D eigenvalue weighted by Gasteiger charge is 2.35. The summed E-state index contributed by atoms with van der Waals surface area (Å²) in [5, 5.41) is 11.3. The highest BCUT2D eigenvalue weighted by atomic mass is 32.2. The molecule has 2 aromatic carbocycles. The minimum Gasteiger partial charge on any atom is -0.312 e. The summed E-state index contributed by atoms with van der Waals surface area (Å²) in [7, 11) is 0. The normalized spacial score (nSPS) is 17.2. The second-order valence-corrected chi connectivity index (χ2v) is 10.5. The predicted molar refractivity (Wildman–Crippen MR) is 133 cm³/mol. The first-order valence-corrected chi connectivity index (χ1v) is 12.8. The fourth-order valence-electron chi connectivity index (χ4n) is 4.25. The number of benzene rings is 2. The maximum absolute atomic E-state index is 12.8. The van der Waals surface area contributed by atoms with Gasteiger partial charge in [-0.2, -0.15) is 0 Å². The first-order chi connectivity index (χ1) is 16.5. The number of nitrogens with one attached hydrogen (secondary N) is 1. The summed E-state index contributed by atoms with van der Waals surface area (Å²) in [6, 6.07) is 15.6. The zero-order valence-corrected chi connectivity index (χ0v) is 20.2. The van der Waals surface area contributed by atoms with E-state index in [1.54, 1.807) is 4.90 Å². The number of amides is 3. The Morgan fingerprint density at radius 3 is 2.88 bits per heavy atom. The minimum atomic E-state index is -0.454. The van der Waals surface area contributed by atoms with E-state index < -0.39 is 5.92 Å². The summed E-state index contributed by atoms with van der Waals surface area (Å²) in [4.78, 5) is 41.4. The van der Waals surface area contributed by atoms with Crippen LogP contribution < -0.4 is 15.1 Å². The first kappa shape index (κ1) is 22.5. The number of rotatable bonds is 6. The Balaban J connectivity index is 1.15. The maximum atomic E-state index is 12.8. The van der Waals surface area contributed by atoms with E-state index in [-0.39, 0.29) is 29.9 Å². The molecule has 1 unspecified atom stereocenters. The highest BCUT2D eigenvalue weighted by molar-refractivity contribution is 8.01. The van der Waals surface area contributed by atoms with E-state index in [0.29, 0.717) is 22.6 Å². The molecular weight excluding hydrogens is 470 g/mol. The van der Waals surface area contributed by atoms with Crippen molar-refractivity contribution in [2.75, 3.05) is 34.0 Å². The Kier molecular flexibility index (Phi) is 6.34. The lowest BCUT2D eigenvalue weighted by molar-refractivity contribution is -0.122. The largest absolute Gasteiger partial charge is 0.312 e. The number of aromatic nitrogens is 2. The van der Waals surface area contributed by atoms with Gasteiger partial charge in [-0.1, -0.05) is 53.4 Å². The van der Waals surface area contributed by atoms with Gasteiger partial charge in [-0.05, 0) is 42.7 Å². The van der Waals surface area contributed by atoms with E-state index in [4.69, 9.17) is 0 Å². The van der Waals surface area contributed by atoms with Crippen LogP contribution in [0.15, 0.2) is 52.9 Å². The molecular formula is C24H23N5O3S2. The van der Waals surface area contributed by atoms with Gasteiger partial charge in [0.05, 0.1) is 11.7 Å². The Morgan fingerprint density at radius 2 is 2.03 bits per heavy atom. The lowest BCUT2D eigenvalue weighted by atomic mass is 10.1. The number of fused-ring (bicyclic) bond motifs is 1. The van der Waals surface area contributed by atoms with Crippen LogP contribution in [0.3, 0.4) is 0 Å². The molecule has 3 aromatic rings. The summed E-state index contributed by atoms with van der Waals surface area (Å²) >= 11 is 2.54. The van der Waals surface area contributed by atoms with Crippen molar-refractivity contribution in [3.8, 4) is 0 Å². The number of para-hydroxylation sites is 1. The number of carbonyl (C=O) groups excluding carboxylic acids is 3. The van der Waals surface area contributed by atoms with Gasteiger partial charge in [0.2, 0.25) is 22.9 Å². The van der Waals surface area contributed by atoms with Crippen molar-refractivity contribution in [3.63, 3.8) is 0 Å². The summed E-state index contributed by atoms with van der Waals surface area (Å²) in [5.74, 6) is -0.497. The van der Waals surface area contributed by atoms with Crippen LogP contribution in [0.4, 0.5) is 16.5 Å². The van der Waals surface area contributed by atoms with Crippen LogP contribution in [-0.4, -0.2) is 46.8 Å². The third kappa shape index (κ3) is 4.69. The molecule has 174 valence electrons. The summed E-state index contributed by atoms with van der Waals surface area (Å²) < 4.78 is 0.611. The number of aryl methyl sites for hydroxylation is 1. The molecule has 8 nitrogen and oxygen atoms in total. The Labute approximate surface area is 205 Å². The summed E-state index contributed by atoms with van der Waals surface area (Å²) in [6.45, 7) is 2.99. The fraction of sp³-hybridized carbons (Fsp3) is 0.292. The van der Waals surface area contributed by atoms with E-state index in [9.17, 15) is 14.4 Å². The lowest BCUT2D eigenvalue weighted by Gasteiger charge is -2.17. The van der Waals surface area contributed by atoms with E-state index in [0.717, 1.165) is 23.4 Å². The van der Waals surface area contributed by atoms with E-state index >= 15 is 0 Å². The molecule has 0 bridgehead atoms. The molecule has 34 heavy (non-hydrogen) atoms. The molecule has 3 heterocycles. The molecule has 1 fully saturated rings. The monoisotopic (exact) mass is 493 g/mol. The van der Waals surface area contributed by atoms with Crippen molar-refractivity contribution in [3.05, 3.63) is 59.7 Å². The third-order valence-corrected chi connectivity index (χ3v) is 7.91. The zero-order chi connectivity index (χ0) is 23.7. The van der Waals surface area contributed by atoms with Crippen LogP contribution in [0.25, 0.3) is 0 Å². The van der Waals surface area contributed by atoms with Gasteiger partial charge in [0, 0.05) is 30.9 Å².